The van der Waals surface area contributed by atoms with Crippen LogP contribution in [0, 0.1) is 0 Å². The fraction of sp³-hybridized carbons (Fsp3) is 0.783. The van der Waals surface area contributed by atoms with E-state index in [0.717, 1.165) is 0 Å². The molecule has 1 N–H and O–H groups in total. The van der Waals surface area contributed by atoms with Crippen molar-refractivity contribution in [3.05, 3.63) is 12.7 Å². The van der Waals surface area contributed by atoms with Crippen LogP contribution in [0.4, 0.5) is 9.59 Å². The van der Waals surface area contributed by atoms with E-state index in [4.69, 9.17) is 23.7 Å². The molecule has 2 amide bonds. The van der Waals surface area contributed by atoms with Gasteiger partial charge in [0.25, 0.3) is 0 Å². The number of amides is 2. The zero-order valence-electron chi connectivity index (χ0n) is 21.2. The molecule has 33 heavy (non-hydrogen) atoms. The van der Waals surface area contributed by atoms with Crippen LogP contribution in [0.15, 0.2) is 12.7 Å². The number of nitrogens with zero attached hydrogens (tertiary/aromatic N) is 1. The van der Waals surface area contributed by atoms with Gasteiger partial charge in [-0.3, -0.25) is 0 Å². The fourth-order valence-corrected chi connectivity index (χ4v) is 2.81. The number of cyclic esters (lactones) is 1. The fourth-order valence-electron chi connectivity index (χ4n) is 2.81. The second-order valence-electron chi connectivity index (χ2n) is 10.5. The predicted octanol–water partition coefficient (Wildman–Crippen LogP) is 3.20. The average molecular weight is 474 g/mol. The Morgan fingerprint density at radius 1 is 1.03 bits per heavy atom. The van der Waals surface area contributed by atoms with E-state index in [1.807, 2.05) is 0 Å². The molecule has 0 saturated carbocycles. The molecule has 0 aliphatic carbocycles. The summed E-state index contributed by atoms with van der Waals surface area (Å²) in [5.74, 6) is -0.932. The molecule has 10 heteroatoms. The summed E-state index contributed by atoms with van der Waals surface area (Å²) in [6.45, 7) is 17.8. The summed E-state index contributed by atoms with van der Waals surface area (Å²) in [7, 11) is 0. The van der Waals surface area contributed by atoms with Crippen LogP contribution in [0.1, 0.15) is 62.3 Å². The van der Waals surface area contributed by atoms with Crippen molar-refractivity contribution >= 4 is 18.2 Å². The molecule has 0 radical (unpaired) electrons. The van der Waals surface area contributed by atoms with Crippen LogP contribution in [-0.4, -0.2) is 82.5 Å². The Kier molecular flexibility index (Phi) is 9.48. The molecule has 0 bridgehead atoms. The third-order valence-corrected chi connectivity index (χ3v) is 4.40. The topological polar surface area (TPSA) is 121 Å². The van der Waals surface area contributed by atoms with Crippen molar-refractivity contribution in [1.82, 2.24) is 4.90 Å². The van der Waals surface area contributed by atoms with Crippen LogP contribution in [0.3, 0.4) is 0 Å². The first kappa shape index (κ1) is 28.9. The summed E-state index contributed by atoms with van der Waals surface area (Å²) in [5.41, 5.74) is -2.71. The number of esters is 1. The van der Waals surface area contributed by atoms with E-state index < -0.39 is 65.9 Å². The quantitative estimate of drug-likeness (QED) is 0.373. The van der Waals surface area contributed by atoms with Gasteiger partial charge in [0, 0.05) is 0 Å². The maximum Gasteiger partial charge on any atom is 0.420 e. The second kappa shape index (κ2) is 10.8. The number of hydrogen-bond donors (Lipinski definition) is 1. The third-order valence-electron chi connectivity index (χ3n) is 4.40. The molecule has 10 nitrogen and oxygen atoms in total. The number of ether oxygens (including phenoxy) is 5. The van der Waals surface area contributed by atoms with Crippen molar-refractivity contribution in [2.75, 3.05) is 13.2 Å². The molecular formula is C23H39NO9. The third kappa shape index (κ3) is 9.30. The largest absolute Gasteiger partial charge is 0.458 e. The van der Waals surface area contributed by atoms with Crippen molar-refractivity contribution in [2.24, 2.45) is 0 Å². The second-order valence-corrected chi connectivity index (χ2v) is 10.5. The van der Waals surface area contributed by atoms with Gasteiger partial charge < -0.3 is 28.8 Å². The lowest BCUT2D eigenvalue weighted by Crippen LogP contribution is -2.54. The molecule has 4 unspecified atom stereocenters. The van der Waals surface area contributed by atoms with Gasteiger partial charge in [-0.15, -0.1) is 6.58 Å². The Bertz CT molecular complexity index is 692. The monoisotopic (exact) mass is 473 g/mol. The zero-order valence-corrected chi connectivity index (χ0v) is 21.2. The van der Waals surface area contributed by atoms with Gasteiger partial charge in [0.1, 0.15) is 29.5 Å². The first-order valence-electron chi connectivity index (χ1n) is 10.9. The minimum Gasteiger partial charge on any atom is -0.458 e. The highest BCUT2D eigenvalue weighted by Gasteiger charge is 2.44. The molecule has 1 heterocycles. The minimum absolute atomic E-state index is 0.230. The molecule has 190 valence electrons. The lowest BCUT2D eigenvalue weighted by Gasteiger charge is -2.34. The van der Waals surface area contributed by atoms with Crippen molar-refractivity contribution < 1.29 is 43.2 Å². The Labute approximate surface area is 196 Å². The van der Waals surface area contributed by atoms with Crippen molar-refractivity contribution in [3.8, 4) is 0 Å². The van der Waals surface area contributed by atoms with Crippen LogP contribution in [0.2, 0.25) is 0 Å². The molecule has 4 atom stereocenters. The van der Waals surface area contributed by atoms with E-state index in [0.29, 0.717) is 4.90 Å². The highest BCUT2D eigenvalue weighted by Crippen LogP contribution is 2.23. The zero-order chi connectivity index (χ0) is 25.8. The highest BCUT2D eigenvalue weighted by atomic mass is 16.6. The average Bonchev–Trinajstić information content (AvgIpc) is 2.65. The van der Waals surface area contributed by atoms with Crippen LogP contribution in [0.5, 0.6) is 0 Å². The van der Waals surface area contributed by atoms with E-state index in [1.165, 1.54) is 0 Å². The summed E-state index contributed by atoms with van der Waals surface area (Å²) in [5, 5.41) is 10.6. The normalized spacial score (nSPS) is 25.1. The number of carbonyl (C=O) groups excluding carboxylic acids is 3. The van der Waals surface area contributed by atoms with Gasteiger partial charge in [0.05, 0.1) is 18.8 Å². The van der Waals surface area contributed by atoms with Gasteiger partial charge >= 0.3 is 18.2 Å². The smallest absolute Gasteiger partial charge is 0.420 e. The van der Waals surface area contributed by atoms with E-state index in [1.54, 1.807) is 68.4 Å². The SMILES string of the molecule is C=CC(C)(C)OC1C(O)COCC(N(C(=O)OC(C)(C)C)C(=O)OC(C)(C)C)C(=O)OC1C. The Morgan fingerprint density at radius 2 is 1.52 bits per heavy atom. The molecular weight excluding hydrogens is 434 g/mol. The number of aliphatic hydroxyl groups is 1. The lowest BCUT2D eigenvalue weighted by atomic mass is 10.1. The standard InChI is InChI=1S/C23H39NO9/c1-11-23(9,10)31-17-14(2)30-18(26)15(12-29-13-16(17)25)24(19(27)32-21(3,4)5)20(28)33-22(6,7)8/h11,14-17,25H,1,12-13H2,2-10H3. The van der Waals surface area contributed by atoms with Crippen LogP contribution < -0.4 is 0 Å². The van der Waals surface area contributed by atoms with Crippen LogP contribution in [-0.2, 0) is 28.5 Å². The Hall–Kier alpha value is -2.17. The maximum atomic E-state index is 13.1. The molecule has 0 spiro atoms. The van der Waals surface area contributed by atoms with Crippen LogP contribution in [0.25, 0.3) is 0 Å². The maximum absolute atomic E-state index is 13.1. The van der Waals surface area contributed by atoms with E-state index in [2.05, 4.69) is 6.58 Å². The Morgan fingerprint density at radius 3 is 1.94 bits per heavy atom. The number of hydrogen-bond acceptors (Lipinski definition) is 9. The van der Waals surface area contributed by atoms with Gasteiger partial charge in [0.15, 0.2) is 6.04 Å². The summed E-state index contributed by atoms with van der Waals surface area (Å²) < 4.78 is 27.6. The predicted molar refractivity (Wildman–Crippen MR) is 120 cm³/mol. The van der Waals surface area contributed by atoms with Gasteiger partial charge in [-0.2, -0.15) is 4.90 Å². The first-order valence-corrected chi connectivity index (χ1v) is 10.9. The van der Waals surface area contributed by atoms with Crippen molar-refractivity contribution in [2.45, 2.75) is 103 Å². The molecule has 1 rings (SSSR count). The van der Waals surface area contributed by atoms with Crippen molar-refractivity contribution in [1.29, 1.82) is 0 Å². The minimum atomic E-state index is -1.50. The van der Waals surface area contributed by atoms with Crippen LogP contribution >= 0.6 is 0 Å². The van der Waals surface area contributed by atoms with E-state index in [9.17, 15) is 19.5 Å². The van der Waals surface area contributed by atoms with Gasteiger partial charge in [0.2, 0.25) is 0 Å². The number of carbonyl (C=O) groups is 3. The molecule has 1 fully saturated rings. The lowest BCUT2D eigenvalue weighted by molar-refractivity contribution is -0.177. The van der Waals surface area contributed by atoms with Gasteiger partial charge in [-0.1, -0.05) is 6.08 Å². The van der Waals surface area contributed by atoms with E-state index in [-0.39, 0.29) is 6.61 Å². The molecule has 0 aromatic rings. The Balaban J connectivity index is 3.28. The summed E-state index contributed by atoms with van der Waals surface area (Å²) in [4.78, 5) is 39.4. The van der Waals surface area contributed by atoms with Gasteiger partial charge in [-0.25, -0.2) is 14.4 Å². The first-order chi connectivity index (χ1) is 14.9. The molecule has 0 aromatic carbocycles. The summed E-state index contributed by atoms with van der Waals surface area (Å²) >= 11 is 0. The highest BCUT2D eigenvalue weighted by molar-refractivity contribution is 5.94. The summed E-state index contributed by atoms with van der Waals surface area (Å²) in [6, 6.07) is -1.50. The van der Waals surface area contributed by atoms with Gasteiger partial charge in [-0.05, 0) is 62.3 Å². The number of rotatable bonds is 4. The number of aliphatic hydroxyl groups excluding tert-OH is 1. The molecule has 0 aromatic heterocycles. The number of imide groups is 1. The molecule has 1 aliphatic rings. The van der Waals surface area contributed by atoms with E-state index >= 15 is 0 Å². The summed E-state index contributed by atoms with van der Waals surface area (Å²) in [6.07, 6.45) is -3.66. The van der Waals surface area contributed by atoms with Crippen molar-refractivity contribution in [3.63, 3.8) is 0 Å². The molecule has 1 saturated heterocycles. The molecule has 1 aliphatic heterocycles.